The zero-order valence-electron chi connectivity index (χ0n) is 25.7. The van der Waals surface area contributed by atoms with Gasteiger partial charge in [-0.15, -0.1) is 0 Å². The van der Waals surface area contributed by atoms with E-state index in [2.05, 4.69) is 156 Å². The van der Waals surface area contributed by atoms with Crippen LogP contribution >= 0.6 is 0 Å². The summed E-state index contributed by atoms with van der Waals surface area (Å²) >= 11 is 2.36. The predicted octanol–water partition coefficient (Wildman–Crippen LogP) is -1.70. The van der Waals surface area contributed by atoms with Crippen molar-refractivity contribution in [3.8, 4) is 0 Å². The molecule has 5 heteroatoms. The Bertz CT molecular complexity index is 1300. The topological polar surface area (TPSA) is 0 Å². The second-order valence-corrected chi connectivity index (χ2v) is 18.0. The van der Waals surface area contributed by atoms with Gasteiger partial charge in [-0.3, -0.25) is 0 Å². The molecule has 0 unspecified atom stereocenters. The molecular formula is C35H43Cl3SiTi. The molecule has 3 aromatic rings. The number of rotatable bonds is 4. The molecule has 0 aromatic heterocycles. The maximum atomic E-state index is 2.57. The maximum Gasteiger partial charge on any atom is -1.00 e. The van der Waals surface area contributed by atoms with Crippen molar-refractivity contribution in [3.63, 3.8) is 0 Å². The zero-order valence-corrected chi connectivity index (χ0v) is 30.5. The van der Waals surface area contributed by atoms with Crippen LogP contribution < -0.4 is 52.8 Å². The quantitative estimate of drug-likeness (QED) is 0.235. The van der Waals surface area contributed by atoms with Crippen LogP contribution in [0.1, 0.15) is 81.3 Å². The van der Waals surface area contributed by atoms with Gasteiger partial charge in [0.05, 0.1) is 0 Å². The van der Waals surface area contributed by atoms with E-state index < -0.39 is 8.07 Å². The van der Waals surface area contributed by atoms with Crippen LogP contribution in [0.25, 0.3) is 0 Å². The second-order valence-electron chi connectivity index (χ2n) is 13.3. The van der Waals surface area contributed by atoms with Crippen molar-refractivity contribution in [2.45, 2.75) is 86.5 Å². The molecule has 0 radical (unpaired) electrons. The summed E-state index contributed by atoms with van der Waals surface area (Å²) in [5.41, 5.74) is 8.38. The number of benzene rings is 3. The Labute approximate surface area is 275 Å². The maximum absolute atomic E-state index is 2.61. The standard InChI is InChI=1S/C35H43Si.3ClH.Ti/c1-24-15-25(2)18-31(17-24)36(30-13-11-12-14-30,32-19-26(3)16-27(4)20-32)33-22-28(34(5,6)7)21-29(23-33)35(8,9)10;;;;/h11,13,15-23H,12H2,1-10H3;3*1H;/q;;;;+3/p-3. The Balaban J connectivity index is 0.00000267. The third-order valence-electron chi connectivity index (χ3n) is 7.74. The van der Waals surface area contributed by atoms with Crippen LogP contribution in [0.2, 0.25) is 0 Å². The summed E-state index contributed by atoms with van der Waals surface area (Å²) in [6.07, 6.45) is 5.90. The van der Waals surface area contributed by atoms with Crippen molar-refractivity contribution in [2.24, 2.45) is 0 Å². The molecule has 0 heterocycles. The Morgan fingerprint density at radius 3 is 1.20 bits per heavy atom. The normalized spacial score (nSPS) is 13.5. The molecule has 1 aliphatic carbocycles. The molecule has 0 atom stereocenters. The summed E-state index contributed by atoms with van der Waals surface area (Å²) in [4.78, 5) is 0. The fourth-order valence-electron chi connectivity index (χ4n) is 5.92. The predicted molar refractivity (Wildman–Crippen MR) is 161 cm³/mol. The third-order valence-corrected chi connectivity index (χ3v) is 13.6. The van der Waals surface area contributed by atoms with Gasteiger partial charge in [0.1, 0.15) is 0 Å². The average molecular weight is 646 g/mol. The van der Waals surface area contributed by atoms with Crippen molar-refractivity contribution in [1.29, 1.82) is 0 Å². The summed E-state index contributed by atoms with van der Waals surface area (Å²) in [5, 5.41) is 6.08. The van der Waals surface area contributed by atoms with Gasteiger partial charge in [-0.05, 0) is 0 Å². The van der Waals surface area contributed by atoms with Crippen LogP contribution in [-0.4, -0.2) is 8.07 Å². The molecule has 0 aliphatic heterocycles. The van der Waals surface area contributed by atoms with Gasteiger partial charge in [0.15, 0.2) is 0 Å². The third kappa shape index (κ3) is 7.28. The summed E-state index contributed by atoms with van der Waals surface area (Å²) < 4.78 is 1.52. The van der Waals surface area contributed by atoms with Gasteiger partial charge in [-0.2, -0.15) is 0 Å². The van der Waals surface area contributed by atoms with Crippen LogP contribution in [0.15, 0.2) is 75.8 Å². The fourth-order valence-corrected chi connectivity index (χ4v) is 12.5. The van der Waals surface area contributed by atoms with E-state index in [0.717, 1.165) is 6.42 Å². The number of hydrogen-bond donors (Lipinski definition) is 0. The molecular weight excluding hydrogens is 603 g/mol. The van der Waals surface area contributed by atoms with Crippen molar-refractivity contribution >= 4 is 23.6 Å². The fraction of sp³-hybridized carbons (Fsp3) is 0.371. The van der Waals surface area contributed by atoms with Gasteiger partial charge in [0, 0.05) is 0 Å². The van der Waals surface area contributed by atoms with E-state index in [9.17, 15) is 0 Å². The Morgan fingerprint density at radius 1 is 0.550 bits per heavy atom. The molecule has 212 valence electrons. The first-order valence-corrected chi connectivity index (χ1v) is 16.4. The van der Waals surface area contributed by atoms with Crippen LogP contribution in [-0.2, 0) is 31.3 Å². The van der Waals surface area contributed by atoms with Crippen molar-refractivity contribution in [2.75, 3.05) is 0 Å². The van der Waals surface area contributed by atoms with E-state index in [0.29, 0.717) is 0 Å². The van der Waals surface area contributed by atoms with Crippen molar-refractivity contribution in [3.05, 3.63) is 109 Å². The van der Waals surface area contributed by atoms with Crippen molar-refractivity contribution < 1.29 is 57.7 Å². The first kappa shape index (κ1) is 37.0. The molecule has 0 fully saturated rings. The monoisotopic (exact) mass is 644 g/mol. The van der Waals surface area contributed by atoms with E-state index in [1.165, 1.54) is 52.8 Å². The van der Waals surface area contributed by atoms with E-state index in [-0.39, 0.29) is 48.1 Å². The van der Waals surface area contributed by atoms with Crippen molar-refractivity contribution in [1.82, 2.24) is 0 Å². The largest absolute Gasteiger partial charge is 1.00 e. The molecule has 4 rings (SSSR count). The SMILES string of the molecule is Cc1cc(C)cc([Si](C2=[C]([Ti+3])CC=C2)(c2cc(C)cc(C)c2)c2cc(C(C)(C)C)cc(C(C)(C)C)c2)c1.[Cl-].[Cl-].[Cl-]. The van der Waals surface area contributed by atoms with E-state index in [1.54, 1.807) is 5.20 Å². The van der Waals surface area contributed by atoms with Gasteiger partial charge in [0.25, 0.3) is 0 Å². The van der Waals surface area contributed by atoms with Gasteiger partial charge < -0.3 is 37.2 Å². The summed E-state index contributed by atoms with van der Waals surface area (Å²) in [6, 6.07) is 22.2. The molecule has 0 amide bonds. The minimum Gasteiger partial charge on any atom is -1.00 e. The van der Waals surface area contributed by atoms with Gasteiger partial charge in [0.2, 0.25) is 0 Å². The minimum absolute atomic E-state index is 0. The molecule has 0 spiro atoms. The summed E-state index contributed by atoms with van der Waals surface area (Å²) in [7, 11) is -2.61. The van der Waals surface area contributed by atoms with Crippen LogP contribution in [0.4, 0.5) is 0 Å². The zero-order chi connectivity index (χ0) is 27.3. The molecule has 0 saturated carbocycles. The Morgan fingerprint density at radius 2 is 0.900 bits per heavy atom. The molecule has 3 aromatic carbocycles. The molecule has 0 nitrogen and oxygen atoms in total. The minimum atomic E-state index is -2.61. The van der Waals surface area contributed by atoms with Crippen LogP contribution in [0.5, 0.6) is 0 Å². The molecule has 0 saturated heterocycles. The Hall–Kier alpha value is -1.06. The second kappa shape index (κ2) is 13.5. The van der Waals surface area contributed by atoms with Gasteiger partial charge in [-0.25, -0.2) is 0 Å². The van der Waals surface area contributed by atoms with E-state index >= 15 is 0 Å². The Kier molecular flexibility index (Phi) is 12.5. The molecule has 40 heavy (non-hydrogen) atoms. The van der Waals surface area contributed by atoms with Gasteiger partial charge in [-0.1, -0.05) is 0 Å². The average Bonchev–Trinajstić information content (AvgIpc) is 3.18. The smallest absolute Gasteiger partial charge is 1.00 e. The molecule has 0 N–H and O–H groups in total. The molecule has 0 bridgehead atoms. The van der Waals surface area contributed by atoms with Gasteiger partial charge >= 0.3 is 240 Å². The van der Waals surface area contributed by atoms with Crippen LogP contribution in [0, 0.1) is 27.7 Å². The number of hydrogen-bond acceptors (Lipinski definition) is 0. The number of allylic oxidation sites excluding steroid dienone is 4. The van der Waals surface area contributed by atoms with Crippen LogP contribution in [0.3, 0.4) is 0 Å². The van der Waals surface area contributed by atoms with E-state index in [1.807, 2.05) is 0 Å². The molecule has 1 aliphatic rings. The first-order chi connectivity index (χ1) is 17.1. The van der Waals surface area contributed by atoms with E-state index in [4.69, 9.17) is 0 Å². The summed E-state index contributed by atoms with van der Waals surface area (Å²) in [5.74, 6) is 0. The number of halogens is 3. The first-order valence-electron chi connectivity index (χ1n) is 13.6. The summed E-state index contributed by atoms with van der Waals surface area (Å²) in [6.45, 7) is 23.2. The number of aryl methyl sites for hydroxylation is 4.